The number of carbonyl (C=O) groups excluding carboxylic acids is 2. The summed E-state index contributed by atoms with van der Waals surface area (Å²) in [7, 11) is 0. The van der Waals surface area contributed by atoms with Crippen molar-refractivity contribution in [2.75, 3.05) is 4.90 Å². The number of benzene rings is 2. The van der Waals surface area contributed by atoms with Crippen LogP contribution in [0, 0.1) is 5.92 Å². The van der Waals surface area contributed by atoms with E-state index in [9.17, 15) is 14.7 Å². The molecule has 0 unspecified atom stereocenters. The molecule has 3 aromatic rings. The minimum atomic E-state index is -0.362. The third-order valence-corrected chi connectivity index (χ3v) is 7.25. The van der Waals surface area contributed by atoms with E-state index in [2.05, 4.69) is 24.9 Å². The highest BCUT2D eigenvalue weighted by Gasteiger charge is 2.31. The van der Waals surface area contributed by atoms with E-state index in [1.807, 2.05) is 42.5 Å². The first-order valence-electron chi connectivity index (χ1n) is 12.5. The summed E-state index contributed by atoms with van der Waals surface area (Å²) in [6.45, 7) is 4.68. The van der Waals surface area contributed by atoms with Crippen LogP contribution in [0.25, 0.3) is 11.4 Å². The standard InChI is InChI=1S/C29H31N3O3/c1-18(2)23-7-3-4-8-24(23)28-30-16-22-15-27(35)32(29(22)31-28)17-19-10-12-20(13-11-19)26(34)14-21-6-5-9-25(21)33/h3-4,7-8,10-13,16,18,21,25,33H,5-6,9,14-15,17H2,1-2H3/t21-,25-/m0/s1. The van der Waals surface area contributed by atoms with Gasteiger partial charge in [0.25, 0.3) is 0 Å². The van der Waals surface area contributed by atoms with Crippen molar-refractivity contribution in [3.05, 3.63) is 77.0 Å². The molecule has 1 aliphatic carbocycles. The van der Waals surface area contributed by atoms with Gasteiger partial charge in [0.1, 0.15) is 5.82 Å². The van der Waals surface area contributed by atoms with Crippen molar-refractivity contribution in [3.8, 4) is 11.4 Å². The molecule has 1 aliphatic heterocycles. The molecule has 5 rings (SSSR count). The van der Waals surface area contributed by atoms with Crippen LogP contribution in [0.5, 0.6) is 0 Å². The van der Waals surface area contributed by atoms with E-state index in [4.69, 9.17) is 4.98 Å². The molecule has 180 valence electrons. The molecule has 2 aliphatic rings. The molecule has 1 saturated carbocycles. The van der Waals surface area contributed by atoms with Gasteiger partial charge in [0.05, 0.1) is 19.1 Å². The zero-order valence-electron chi connectivity index (χ0n) is 20.3. The third kappa shape index (κ3) is 4.76. The zero-order chi connectivity index (χ0) is 24.5. The highest BCUT2D eigenvalue weighted by molar-refractivity contribution is 6.00. The average Bonchev–Trinajstić information content (AvgIpc) is 3.40. The largest absolute Gasteiger partial charge is 0.393 e. The molecule has 2 heterocycles. The first kappa shape index (κ1) is 23.4. The number of anilines is 1. The minimum Gasteiger partial charge on any atom is -0.393 e. The van der Waals surface area contributed by atoms with E-state index in [0.29, 0.717) is 42.5 Å². The quantitative estimate of drug-likeness (QED) is 0.487. The molecule has 35 heavy (non-hydrogen) atoms. The summed E-state index contributed by atoms with van der Waals surface area (Å²) in [6, 6.07) is 15.6. The Morgan fingerprint density at radius 3 is 2.60 bits per heavy atom. The summed E-state index contributed by atoms with van der Waals surface area (Å²) >= 11 is 0. The number of aliphatic hydroxyl groups is 1. The Hall–Kier alpha value is -3.38. The van der Waals surface area contributed by atoms with Crippen LogP contribution in [-0.4, -0.2) is 32.9 Å². The minimum absolute atomic E-state index is 0.000955. The van der Waals surface area contributed by atoms with Gasteiger partial charge < -0.3 is 5.11 Å². The van der Waals surface area contributed by atoms with Crippen molar-refractivity contribution < 1.29 is 14.7 Å². The lowest BCUT2D eigenvalue weighted by atomic mass is 9.95. The molecule has 2 aromatic carbocycles. The van der Waals surface area contributed by atoms with Gasteiger partial charge in [-0.2, -0.15) is 0 Å². The number of hydrogen-bond acceptors (Lipinski definition) is 5. The first-order valence-corrected chi connectivity index (χ1v) is 12.5. The van der Waals surface area contributed by atoms with Gasteiger partial charge in [0, 0.05) is 29.3 Å². The fourth-order valence-electron chi connectivity index (χ4n) is 5.22. The Kier molecular flexibility index (Phi) is 6.48. The van der Waals surface area contributed by atoms with Crippen LogP contribution in [0.4, 0.5) is 5.82 Å². The lowest BCUT2D eigenvalue weighted by molar-refractivity contribution is -0.117. The Morgan fingerprint density at radius 2 is 1.89 bits per heavy atom. The van der Waals surface area contributed by atoms with E-state index in [1.165, 1.54) is 5.56 Å². The van der Waals surface area contributed by atoms with Gasteiger partial charge in [-0.25, -0.2) is 9.97 Å². The molecule has 0 spiro atoms. The molecule has 1 fully saturated rings. The van der Waals surface area contributed by atoms with Crippen LogP contribution in [-0.2, 0) is 17.8 Å². The normalized spacial score (nSPS) is 19.4. The van der Waals surface area contributed by atoms with Gasteiger partial charge in [-0.3, -0.25) is 14.5 Å². The Balaban J connectivity index is 1.34. The molecular formula is C29H31N3O3. The number of fused-ring (bicyclic) bond motifs is 1. The molecule has 1 aromatic heterocycles. The number of aromatic nitrogens is 2. The number of rotatable bonds is 7. The lowest BCUT2D eigenvalue weighted by Crippen LogP contribution is -2.26. The molecule has 6 nitrogen and oxygen atoms in total. The monoisotopic (exact) mass is 469 g/mol. The zero-order valence-corrected chi connectivity index (χ0v) is 20.3. The highest BCUT2D eigenvalue weighted by Crippen LogP contribution is 2.33. The van der Waals surface area contributed by atoms with Crippen LogP contribution < -0.4 is 4.90 Å². The lowest BCUT2D eigenvalue weighted by Gasteiger charge is -2.18. The van der Waals surface area contributed by atoms with E-state index in [-0.39, 0.29) is 23.7 Å². The maximum atomic E-state index is 12.8. The summed E-state index contributed by atoms with van der Waals surface area (Å²) in [5.74, 6) is 1.75. The summed E-state index contributed by atoms with van der Waals surface area (Å²) in [4.78, 5) is 36.6. The third-order valence-electron chi connectivity index (χ3n) is 7.25. The fourth-order valence-corrected chi connectivity index (χ4v) is 5.22. The molecule has 6 heteroatoms. The van der Waals surface area contributed by atoms with Crippen molar-refractivity contribution >= 4 is 17.5 Å². The second kappa shape index (κ2) is 9.70. The van der Waals surface area contributed by atoms with Crippen molar-refractivity contribution in [2.24, 2.45) is 5.92 Å². The van der Waals surface area contributed by atoms with Gasteiger partial charge in [-0.1, -0.05) is 68.8 Å². The fraction of sp³-hybridized carbons (Fsp3) is 0.379. The molecule has 0 bridgehead atoms. The Labute approximate surface area is 206 Å². The van der Waals surface area contributed by atoms with Crippen LogP contribution in [0.15, 0.2) is 54.7 Å². The van der Waals surface area contributed by atoms with E-state index < -0.39 is 0 Å². The smallest absolute Gasteiger partial charge is 0.233 e. The van der Waals surface area contributed by atoms with Gasteiger partial charge in [0.2, 0.25) is 5.91 Å². The van der Waals surface area contributed by atoms with E-state index >= 15 is 0 Å². The van der Waals surface area contributed by atoms with Crippen LogP contribution in [0.3, 0.4) is 0 Å². The number of hydrogen-bond donors (Lipinski definition) is 1. The average molecular weight is 470 g/mol. The van der Waals surface area contributed by atoms with Crippen LogP contribution in [0.1, 0.15) is 72.5 Å². The summed E-state index contributed by atoms with van der Waals surface area (Å²) in [6.07, 6.45) is 4.77. The predicted octanol–water partition coefficient (Wildman–Crippen LogP) is 5.09. The number of carbonyl (C=O) groups is 2. The predicted molar refractivity (Wildman–Crippen MR) is 135 cm³/mol. The molecule has 2 atom stereocenters. The number of amides is 1. The summed E-state index contributed by atoms with van der Waals surface area (Å²) < 4.78 is 0. The molecule has 1 amide bonds. The molecule has 1 N–H and O–H groups in total. The number of nitrogens with zero attached hydrogens (tertiary/aromatic N) is 3. The van der Waals surface area contributed by atoms with Gasteiger partial charge in [0.15, 0.2) is 11.6 Å². The molecular weight excluding hydrogens is 438 g/mol. The molecule has 0 saturated heterocycles. The van der Waals surface area contributed by atoms with Crippen molar-refractivity contribution in [3.63, 3.8) is 0 Å². The van der Waals surface area contributed by atoms with Gasteiger partial charge >= 0.3 is 0 Å². The van der Waals surface area contributed by atoms with Crippen molar-refractivity contribution in [1.82, 2.24) is 9.97 Å². The Morgan fingerprint density at radius 1 is 1.11 bits per heavy atom. The second-order valence-electron chi connectivity index (χ2n) is 10.0. The van der Waals surface area contributed by atoms with Gasteiger partial charge in [-0.15, -0.1) is 0 Å². The number of Topliss-reactive ketones (excluding diaryl/α,β-unsaturated/α-hetero) is 1. The number of ketones is 1. The van der Waals surface area contributed by atoms with Crippen molar-refractivity contribution in [2.45, 2.75) is 64.5 Å². The molecule has 0 radical (unpaired) electrons. The van der Waals surface area contributed by atoms with Crippen LogP contribution in [0.2, 0.25) is 0 Å². The summed E-state index contributed by atoms with van der Waals surface area (Å²) in [5, 5.41) is 10.0. The maximum Gasteiger partial charge on any atom is 0.233 e. The maximum absolute atomic E-state index is 12.8. The van der Waals surface area contributed by atoms with E-state index in [0.717, 1.165) is 36.0 Å². The van der Waals surface area contributed by atoms with Crippen molar-refractivity contribution in [1.29, 1.82) is 0 Å². The second-order valence-corrected chi connectivity index (χ2v) is 10.0. The van der Waals surface area contributed by atoms with Gasteiger partial charge in [-0.05, 0) is 35.8 Å². The topological polar surface area (TPSA) is 83.4 Å². The first-order chi connectivity index (χ1) is 16.9. The SMILES string of the molecule is CC(C)c1ccccc1-c1ncc2c(n1)N(Cc1ccc(C(=O)C[C@@H]3CCC[C@@H]3O)cc1)C(=O)C2. The van der Waals surface area contributed by atoms with E-state index in [1.54, 1.807) is 11.1 Å². The highest BCUT2D eigenvalue weighted by atomic mass is 16.3. The Bertz CT molecular complexity index is 1250. The number of aliphatic hydroxyl groups excluding tert-OH is 1. The van der Waals surface area contributed by atoms with Crippen LogP contribution >= 0.6 is 0 Å². The summed E-state index contributed by atoms with van der Waals surface area (Å²) in [5.41, 5.74) is 4.58.